The van der Waals surface area contributed by atoms with Gasteiger partial charge in [-0.15, -0.1) is 0 Å². The molecule has 0 aliphatic rings. The zero-order valence-corrected chi connectivity index (χ0v) is 8.09. The maximum Gasteiger partial charge on any atom is 0.187 e. The van der Waals surface area contributed by atoms with E-state index in [9.17, 15) is 0 Å². The van der Waals surface area contributed by atoms with Gasteiger partial charge in [0, 0.05) is 18.3 Å². The second-order valence-corrected chi connectivity index (χ2v) is 3.13. The first-order chi connectivity index (χ1) is 7.33. The van der Waals surface area contributed by atoms with Crippen LogP contribution in [-0.2, 0) is 6.54 Å². The van der Waals surface area contributed by atoms with Crippen molar-refractivity contribution in [2.24, 2.45) is 5.73 Å². The minimum Gasteiger partial charge on any atom is -0.326 e. The van der Waals surface area contributed by atoms with Crippen LogP contribution in [-0.4, -0.2) is 9.78 Å². The number of aromatic nitrogens is 2. The summed E-state index contributed by atoms with van der Waals surface area (Å²) in [5.41, 5.74) is 8.05. The Kier molecular flexibility index (Phi) is 2.48. The van der Waals surface area contributed by atoms with E-state index in [4.69, 9.17) is 12.3 Å². The largest absolute Gasteiger partial charge is 0.326 e. The van der Waals surface area contributed by atoms with Gasteiger partial charge in [-0.25, -0.2) is 9.53 Å². The van der Waals surface area contributed by atoms with Gasteiger partial charge in [-0.1, -0.05) is 12.1 Å². The zero-order valence-electron chi connectivity index (χ0n) is 8.09. The van der Waals surface area contributed by atoms with Gasteiger partial charge >= 0.3 is 0 Å². The predicted octanol–water partition coefficient (Wildman–Crippen LogP) is 1.88. The van der Waals surface area contributed by atoms with Gasteiger partial charge in [0.15, 0.2) is 5.69 Å². The molecule has 0 aliphatic heterocycles. The molecule has 0 radical (unpaired) electrons. The maximum atomic E-state index is 6.84. The van der Waals surface area contributed by atoms with E-state index in [0.717, 1.165) is 11.3 Å². The highest BCUT2D eigenvalue weighted by molar-refractivity contribution is 5.49. The molecule has 0 atom stereocenters. The molecule has 4 heteroatoms. The number of rotatable bonds is 2. The Morgan fingerprint density at radius 2 is 2.07 bits per heavy atom. The van der Waals surface area contributed by atoms with Gasteiger partial charge in [-0.3, -0.25) is 0 Å². The fourth-order valence-corrected chi connectivity index (χ4v) is 1.29. The van der Waals surface area contributed by atoms with Gasteiger partial charge in [0.2, 0.25) is 0 Å². The third-order valence-electron chi connectivity index (χ3n) is 2.12. The summed E-state index contributed by atoms with van der Waals surface area (Å²) in [6.45, 7) is 7.33. The van der Waals surface area contributed by atoms with Crippen LogP contribution < -0.4 is 5.73 Å². The molecule has 0 spiro atoms. The standard InChI is InChI=1S/C11H10N4/c1-13-10-2-4-11(5-3-10)15-8-9(6-12)7-14-15/h2-5,7-8H,6,12H2. The second-order valence-electron chi connectivity index (χ2n) is 3.13. The number of nitrogens with two attached hydrogens (primary N) is 1. The second kappa shape index (κ2) is 3.95. The van der Waals surface area contributed by atoms with E-state index in [1.165, 1.54) is 0 Å². The lowest BCUT2D eigenvalue weighted by molar-refractivity contribution is 0.880. The third kappa shape index (κ3) is 1.87. The summed E-state index contributed by atoms with van der Waals surface area (Å²) in [5.74, 6) is 0. The Bertz CT molecular complexity index is 490. The van der Waals surface area contributed by atoms with Crippen molar-refractivity contribution < 1.29 is 0 Å². The number of hydrogen-bond acceptors (Lipinski definition) is 2. The first-order valence-corrected chi connectivity index (χ1v) is 4.55. The molecule has 2 aromatic rings. The predicted molar refractivity (Wildman–Crippen MR) is 57.7 cm³/mol. The highest BCUT2D eigenvalue weighted by Gasteiger charge is 1.99. The third-order valence-corrected chi connectivity index (χ3v) is 2.12. The molecule has 1 aromatic heterocycles. The van der Waals surface area contributed by atoms with E-state index in [2.05, 4.69) is 9.94 Å². The number of nitrogens with zero attached hydrogens (tertiary/aromatic N) is 3. The Morgan fingerprint density at radius 1 is 1.33 bits per heavy atom. The molecule has 74 valence electrons. The van der Waals surface area contributed by atoms with Gasteiger partial charge in [0.05, 0.1) is 18.5 Å². The molecule has 0 fully saturated rings. The lowest BCUT2D eigenvalue weighted by Gasteiger charge is -2.00. The first-order valence-electron chi connectivity index (χ1n) is 4.55. The van der Waals surface area contributed by atoms with Crippen LogP contribution in [0.15, 0.2) is 36.7 Å². The summed E-state index contributed by atoms with van der Waals surface area (Å²) in [7, 11) is 0. The first kappa shape index (κ1) is 9.44. The van der Waals surface area contributed by atoms with Crippen LogP contribution in [0.25, 0.3) is 10.5 Å². The quantitative estimate of drug-likeness (QED) is 0.749. The molecule has 15 heavy (non-hydrogen) atoms. The molecule has 2 N–H and O–H groups in total. The molecule has 0 bridgehead atoms. The van der Waals surface area contributed by atoms with Crippen LogP contribution in [0.4, 0.5) is 5.69 Å². The average molecular weight is 198 g/mol. The molecule has 0 unspecified atom stereocenters. The van der Waals surface area contributed by atoms with Gasteiger partial charge in [0.25, 0.3) is 0 Å². The molecule has 0 saturated heterocycles. The van der Waals surface area contributed by atoms with Crippen molar-refractivity contribution in [3.8, 4) is 5.69 Å². The van der Waals surface area contributed by atoms with E-state index in [-0.39, 0.29) is 0 Å². The molecule has 1 aromatic carbocycles. The van der Waals surface area contributed by atoms with E-state index < -0.39 is 0 Å². The van der Waals surface area contributed by atoms with Crippen molar-refractivity contribution in [2.75, 3.05) is 0 Å². The molecule has 4 nitrogen and oxygen atoms in total. The van der Waals surface area contributed by atoms with E-state index >= 15 is 0 Å². The molecule has 0 saturated carbocycles. The Hall–Kier alpha value is -2.12. The Labute approximate surface area is 87.8 Å². The van der Waals surface area contributed by atoms with Gasteiger partial charge in [0.1, 0.15) is 0 Å². The zero-order chi connectivity index (χ0) is 10.7. The smallest absolute Gasteiger partial charge is 0.187 e. The molecular weight excluding hydrogens is 188 g/mol. The van der Waals surface area contributed by atoms with Crippen molar-refractivity contribution in [1.82, 2.24) is 9.78 Å². The van der Waals surface area contributed by atoms with Crippen molar-refractivity contribution in [1.29, 1.82) is 0 Å². The van der Waals surface area contributed by atoms with Crippen molar-refractivity contribution in [3.05, 3.63) is 53.6 Å². The molecular formula is C11H10N4. The maximum absolute atomic E-state index is 6.84. The highest BCUT2D eigenvalue weighted by Crippen LogP contribution is 2.15. The average Bonchev–Trinajstić information content (AvgIpc) is 2.78. The van der Waals surface area contributed by atoms with Crippen LogP contribution in [0.1, 0.15) is 5.56 Å². The van der Waals surface area contributed by atoms with Gasteiger partial charge in [-0.05, 0) is 12.1 Å². The summed E-state index contributed by atoms with van der Waals surface area (Å²) >= 11 is 0. The summed E-state index contributed by atoms with van der Waals surface area (Å²) in [4.78, 5) is 3.33. The molecule has 0 aliphatic carbocycles. The van der Waals surface area contributed by atoms with Crippen LogP contribution in [0.5, 0.6) is 0 Å². The molecule has 0 amide bonds. The van der Waals surface area contributed by atoms with E-state index in [1.807, 2.05) is 18.3 Å². The Morgan fingerprint density at radius 3 is 2.60 bits per heavy atom. The normalized spacial score (nSPS) is 9.87. The van der Waals surface area contributed by atoms with Crippen LogP contribution in [0.2, 0.25) is 0 Å². The van der Waals surface area contributed by atoms with Gasteiger partial charge in [-0.2, -0.15) is 5.10 Å². The molecule has 2 rings (SSSR count). The SMILES string of the molecule is [C-]#[N+]c1ccc(-n2cc(CN)cn2)cc1. The minimum atomic E-state index is 0.486. The lowest BCUT2D eigenvalue weighted by atomic mass is 10.3. The van der Waals surface area contributed by atoms with Crippen molar-refractivity contribution >= 4 is 5.69 Å². The van der Waals surface area contributed by atoms with Crippen molar-refractivity contribution in [2.45, 2.75) is 6.54 Å². The minimum absolute atomic E-state index is 0.486. The Balaban J connectivity index is 2.33. The van der Waals surface area contributed by atoms with Gasteiger partial charge < -0.3 is 5.73 Å². The number of benzene rings is 1. The number of hydrogen-bond donors (Lipinski definition) is 1. The lowest BCUT2D eigenvalue weighted by Crippen LogP contribution is -1.95. The van der Waals surface area contributed by atoms with Crippen LogP contribution in [0, 0.1) is 6.57 Å². The fraction of sp³-hybridized carbons (Fsp3) is 0.0909. The summed E-state index contributed by atoms with van der Waals surface area (Å²) in [6.07, 6.45) is 3.62. The van der Waals surface area contributed by atoms with Crippen molar-refractivity contribution in [3.63, 3.8) is 0 Å². The fourth-order valence-electron chi connectivity index (χ4n) is 1.29. The van der Waals surface area contributed by atoms with Crippen LogP contribution >= 0.6 is 0 Å². The monoisotopic (exact) mass is 198 g/mol. The summed E-state index contributed by atoms with van der Waals surface area (Å²) in [6, 6.07) is 7.26. The highest BCUT2D eigenvalue weighted by atomic mass is 15.3. The van der Waals surface area contributed by atoms with E-state index in [0.29, 0.717) is 12.2 Å². The summed E-state index contributed by atoms with van der Waals surface area (Å²) in [5, 5.41) is 4.17. The van der Waals surface area contributed by atoms with E-state index in [1.54, 1.807) is 23.0 Å². The topological polar surface area (TPSA) is 48.2 Å². The molecule has 1 heterocycles. The summed E-state index contributed by atoms with van der Waals surface area (Å²) < 4.78 is 1.75. The van der Waals surface area contributed by atoms with Crippen LogP contribution in [0.3, 0.4) is 0 Å².